The number of aliphatic hydroxyl groups is 15. The van der Waals surface area contributed by atoms with Gasteiger partial charge in [0.05, 0.1) is 51.3 Å². The maximum atomic E-state index is 14.5. The minimum Gasteiger partial charge on any atom is -0.481 e. The number of aliphatic carboxylic acids is 3. The second-order valence-corrected chi connectivity index (χ2v) is 24.0. The number of amides is 7. The molecule has 94 heavy (non-hydrogen) atoms. The second-order valence-electron chi connectivity index (χ2n) is 21.4. The van der Waals surface area contributed by atoms with Crippen LogP contribution < -0.4 is 48.3 Å². The molecule has 0 unspecified atom stereocenters. The molecule has 0 saturated carbocycles. The quantitative estimate of drug-likeness (QED) is 0.0116. The molecule has 0 aromatic rings. The number of carboxylic acids is 3. The van der Waals surface area contributed by atoms with E-state index in [4.69, 9.17) is 21.1 Å². The molecule has 0 aliphatic carbocycles. The van der Waals surface area contributed by atoms with Crippen molar-refractivity contribution in [2.24, 2.45) is 5.73 Å². The van der Waals surface area contributed by atoms with Crippen LogP contribution in [-0.2, 0) is 62.3 Å². The number of methoxy groups -OCH3 is 1. The zero-order chi connectivity index (χ0) is 72.0. The number of carboxylic acid groups (broad SMARTS) is 3. The van der Waals surface area contributed by atoms with Gasteiger partial charge in [0.25, 0.3) is 0 Å². The van der Waals surface area contributed by atoms with E-state index in [0.717, 1.165) is 21.6 Å². The summed E-state index contributed by atoms with van der Waals surface area (Å²) in [6, 6.07) is -9.39. The van der Waals surface area contributed by atoms with Crippen LogP contribution in [0.15, 0.2) is 0 Å². The molecular formula is C52H91N9O31S2. The Labute approximate surface area is 544 Å². The van der Waals surface area contributed by atoms with Crippen molar-refractivity contribution < 1.29 is 154 Å². The molecule has 0 aliphatic heterocycles. The van der Waals surface area contributed by atoms with Crippen LogP contribution in [0.5, 0.6) is 0 Å². The number of rotatable bonds is 53. The Bertz CT molecular complexity index is 2400. The number of carbonyl (C=O) groups is 12. The number of hydrogen-bond donors (Lipinski definition) is 27. The van der Waals surface area contributed by atoms with Crippen LogP contribution in [0.3, 0.4) is 0 Å². The third kappa shape index (κ3) is 34.5. The molecule has 0 rings (SSSR count). The molecule has 40 nitrogen and oxygen atoms in total. The van der Waals surface area contributed by atoms with Crippen LogP contribution in [0.1, 0.15) is 77.0 Å². The lowest BCUT2D eigenvalue weighted by molar-refractivity contribution is -0.141. The fourth-order valence-corrected chi connectivity index (χ4v) is 10.2. The number of ether oxygens (including phenoxy) is 1. The van der Waals surface area contributed by atoms with Gasteiger partial charge < -0.3 is 150 Å². The fourth-order valence-electron chi connectivity index (χ4n) is 7.90. The Kier molecular flexibility index (Phi) is 43.8. The standard InChI is InChI=1S/C52H91N9O31S2/c1-92-40(79)3-2-14-93-94-21-28(51(90)91)57-22-52(23-65,13-12-37(74)56-17-31(68)43(82)46(85)34(71)20-64)61-50(89)27(7-11-39(77)78)60-48(87)25(5-9-36(73)55-16-30(67)42(81)45(84)33(70)19-63)59-49(88)26(6-10-38(75)76)58-47(86)24(53)4-8-35(72)54-15-29(66)41(80)44(83)32(69)18-62/h23-34,41-46,57,62-64,66-71,80-85H,2-22,53H2,1H3,(H,54,72)(H,55,73)(H,56,74)(H,58,86)(H,59,88)(H,60,87)(H,61,89)(H,75,76)(H,77,78)(H,90,91)/t24-,25-,26+,27+,28+,29-,30-,31-,32+,33+,34+,41+,42+,43+,44+,45+,46+,52+/m0/s1. The summed E-state index contributed by atoms with van der Waals surface area (Å²) >= 11 is 0. The Morgan fingerprint density at radius 1 is 0.479 bits per heavy atom. The van der Waals surface area contributed by atoms with Crippen molar-refractivity contribution in [2.75, 3.05) is 64.6 Å². The van der Waals surface area contributed by atoms with Gasteiger partial charge in [-0.3, -0.25) is 52.7 Å². The fraction of sp³-hybridized carbons (Fsp3) is 0.769. The molecule has 0 aliphatic rings. The van der Waals surface area contributed by atoms with E-state index in [-0.39, 0.29) is 18.5 Å². The van der Waals surface area contributed by atoms with Gasteiger partial charge in [-0.25, -0.2) is 0 Å². The Hall–Kier alpha value is -6.14. The van der Waals surface area contributed by atoms with Gasteiger partial charge in [0.1, 0.15) is 90.9 Å². The summed E-state index contributed by atoms with van der Waals surface area (Å²) in [5.74, 6) is -13.7. The van der Waals surface area contributed by atoms with Gasteiger partial charge in [-0.15, -0.1) is 0 Å². The zero-order valence-electron chi connectivity index (χ0n) is 51.0. The third-order valence-electron chi connectivity index (χ3n) is 13.9. The number of nitrogens with two attached hydrogens (primary N) is 1. The first-order valence-corrected chi connectivity index (χ1v) is 31.5. The van der Waals surface area contributed by atoms with Crippen molar-refractivity contribution in [3.05, 3.63) is 0 Å². The minimum absolute atomic E-state index is 0.0421. The molecule has 7 amide bonds. The summed E-state index contributed by atoms with van der Waals surface area (Å²) in [6.07, 6.45) is -31.8. The highest BCUT2D eigenvalue weighted by Crippen LogP contribution is 2.24. The first-order chi connectivity index (χ1) is 44.0. The van der Waals surface area contributed by atoms with Gasteiger partial charge in [-0.1, -0.05) is 21.6 Å². The summed E-state index contributed by atoms with van der Waals surface area (Å²) in [5, 5.41) is 194. The van der Waals surface area contributed by atoms with Crippen LogP contribution >= 0.6 is 21.6 Å². The van der Waals surface area contributed by atoms with Crippen LogP contribution in [0, 0.1) is 0 Å². The number of aldehydes is 1. The molecule has 0 heterocycles. The highest BCUT2D eigenvalue weighted by Gasteiger charge is 2.39. The van der Waals surface area contributed by atoms with Crippen molar-refractivity contribution in [3.8, 4) is 0 Å². The van der Waals surface area contributed by atoms with Crippen molar-refractivity contribution >= 4 is 93.1 Å². The largest absolute Gasteiger partial charge is 0.481 e. The number of carbonyl (C=O) groups excluding carboxylic acids is 9. The van der Waals surface area contributed by atoms with Gasteiger partial charge in [0.15, 0.2) is 0 Å². The smallest absolute Gasteiger partial charge is 0.321 e. The SMILES string of the molecule is COC(=O)CCCSSC[C@@H](NC[C@@](C=O)(CCC(=O)NC[C@H](O)[C@@H](O)[C@H](O)[C@H](O)CO)NC(=O)[C@@H](CCC(=O)O)NC(=O)[C@H](CCC(=O)NC[C@H](O)[C@@H](O)[C@H](O)[C@H](O)CO)NC(=O)[C@@H](CCC(=O)O)NC(=O)[C@@H](N)CCC(=O)NC[C@H](O)[C@@H](O)[C@H](O)[C@H](O)CO)C(=O)O. The van der Waals surface area contributed by atoms with Gasteiger partial charge in [-0.05, 0) is 38.5 Å². The third-order valence-corrected chi connectivity index (χ3v) is 16.4. The minimum atomic E-state index is -2.41. The number of hydrogen-bond acceptors (Lipinski definition) is 32. The topological polar surface area (TPSA) is 700 Å². The summed E-state index contributed by atoms with van der Waals surface area (Å²) in [6.45, 7) is -6.40. The van der Waals surface area contributed by atoms with Gasteiger partial charge >= 0.3 is 23.9 Å². The lowest BCUT2D eigenvalue weighted by Crippen LogP contribution is -2.63. The maximum absolute atomic E-state index is 14.5. The summed E-state index contributed by atoms with van der Waals surface area (Å²) < 4.78 is 4.58. The van der Waals surface area contributed by atoms with Gasteiger partial charge in [-0.2, -0.15) is 0 Å². The zero-order valence-corrected chi connectivity index (χ0v) is 52.6. The van der Waals surface area contributed by atoms with Crippen molar-refractivity contribution in [1.82, 2.24) is 42.5 Å². The predicted molar refractivity (Wildman–Crippen MR) is 320 cm³/mol. The molecule has 0 fully saturated rings. The normalized spacial score (nSPS) is 17.6. The molecule has 0 bridgehead atoms. The van der Waals surface area contributed by atoms with Crippen molar-refractivity contribution in [3.63, 3.8) is 0 Å². The van der Waals surface area contributed by atoms with E-state index >= 15 is 0 Å². The molecule has 0 aromatic heterocycles. The van der Waals surface area contributed by atoms with Crippen LogP contribution in [0.25, 0.3) is 0 Å². The van der Waals surface area contributed by atoms with Crippen LogP contribution in [0.2, 0.25) is 0 Å². The highest BCUT2D eigenvalue weighted by atomic mass is 33.1. The van der Waals surface area contributed by atoms with Gasteiger partial charge in [0.2, 0.25) is 41.4 Å². The molecule has 28 N–H and O–H groups in total. The van der Waals surface area contributed by atoms with E-state index in [9.17, 15) is 134 Å². The summed E-state index contributed by atoms with van der Waals surface area (Å²) in [5.41, 5.74) is 3.56. The Morgan fingerprint density at radius 2 is 0.851 bits per heavy atom. The first-order valence-electron chi connectivity index (χ1n) is 29.0. The molecular weight excluding hydrogens is 1310 g/mol. The molecule has 18 atom stereocenters. The van der Waals surface area contributed by atoms with Crippen LogP contribution in [0.4, 0.5) is 0 Å². The highest BCUT2D eigenvalue weighted by molar-refractivity contribution is 8.76. The predicted octanol–water partition coefficient (Wildman–Crippen LogP) is -13.1. The van der Waals surface area contributed by atoms with E-state index in [1.807, 2.05) is 0 Å². The monoisotopic (exact) mass is 1400 g/mol. The van der Waals surface area contributed by atoms with Gasteiger partial charge in [0, 0.05) is 76.2 Å². The molecule has 42 heteroatoms. The molecule has 0 radical (unpaired) electrons. The molecule has 0 aromatic carbocycles. The van der Waals surface area contributed by atoms with E-state index < -0.39 is 284 Å². The average molecular weight is 1400 g/mol. The summed E-state index contributed by atoms with van der Waals surface area (Å²) in [7, 11) is 3.34. The first kappa shape index (κ1) is 87.9. The van der Waals surface area contributed by atoms with E-state index in [1.165, 1.54) is 7.11 Å². The average Bonchev–Trinajstić information content (AvgIpc) is 0.880. The van der Waals surface area contributed by atoms with Crippen LogP contribution in [-0.4, -0.2) is 337 Å². The number of aliphatic hydroxyl groups excluding tert-OH is 15. The van der Waals surface area contributed by atoms with E-state index in [2.05, 4.69) is 47.3 Å². The van der Waals surface area contributed by atoms with E-state index in [0.29, 0.717) is 12.2 Å². The lowest BCUT2D eigenvalue weighted by Gasteiger charge is -2.33. The number of esters is 1. The Morgan fingerprint density at radius 3 is 1.23 bits per heavy atom. The maximum Gasteiger partial charge on any atom is 0.321 e. The van der Waals surface area contributed by atoms with E-state index in [1.54, 1.807) is 0 Å². The second kappa shape index (κ2) is 46.9. The molecule has 0 saturated heterocycles. The molecule has 0 spiro atoms. The van der Waals surface area contributed by atoms with Crippen molar-refractivity contribution in [2.45, 2.75) is 186 Å². The summed E-state index contributed by atoms with van der Waals surface area (Å²) in [4.78, 5) is 156. The Balaban J connectivity index is 7.30. The lowest BCUT2D eigenvalue weighted by atomic mass is 9.93. The van der Waals surface area contributed by atoms with Crippen molar-refractivity contribution in [1.29, 1.82) is 0 Å². The number of nitrogens with one attached hydrogen (secondary N) is 8. The molecule has 542 valence electrons.